The van der Waals surface area contributed by atoms with E-state index in [9.17, 15) is 29.4 Å². The van der Waals surface area contributed by atoms with Gasteiger partial charge >= 0.3 is 0 Å². The van der Waals surface area contributed by atoms with Crippen molar-refractivity contribution in [3.63, 3.8) is 0 Å². The number of nitrogens with two attached hydrogens (primary N) is 1. The van der Waals surface area contributed by atoms with Gasteiger partial charge in [0.2, 0.25) is 17.7 Å². The van der Waals surface area contributed by atoms with Gasteiger partial charge in [0.15, 0.2) is 0 Å². The Hall–Kier alpha value is -6.35. The molecule has 1 aliphatic heterocycles. The lowest BCUT2D eigenvalue weighted by Crippen LogP contribution is -2.58. The number of β-amino-alcohol motifs (C(OH)–C–C–N with tert-alkyl or cyclic N) is 1. The van der Waals surface area contributed by atoms with Crippen LogP contribution in [0.25, 0.3) is 32.7 Å². The van der Waals surface area contributed by atoms with Gasteiger partial charge in [-0.05, 0) is 59.2 Å². The first kappa shape index (κ1) is 53.0. The minimum Gasteiger partial charge on any atom is -0.508 e. The number of aryl methyl sites for hydroxylation is 1. The Morgan fingerprint density at radius 2 is 1.47 bits per heavy atom. The monoisotopic (exact) mass is 980 g/mol. The Labute approximate surface area is 412 Å². The summed E-state index contributed by atoms with van der Waals surface area (Å²) in [6.45, 7) is 11.5. The molecule has 1 fully saturated rings. The number of nitrogens with zero attached hydrogens (tertiary/aromatic N) is 4. The number of phenolic OH excluding ortho intramolecular Hbond substituents is 1. The van der Waals surface area contributed by atoms with Crippen LogP contribution in [-0.2, 0) is 46.3 Å². The Morgan fingerprint density at radius 3 is 2.09 bits per heavy atom. The van der Waals surface area contributed by atoms with Gasteiger partial charge in [0.25, 0.3) is 5.91 Å². The lowest BCUT2D eigenvalue weighted by Gasteiger charge is -2.35. The number of amides is 4. The second-order valence-electron chi connectivity index (χ2n) is 17.8. The third-order valence-electron chi connectivity index (χ3n) is 11.6. The summed E-state index contributed by atoms with van der Waals surface area (Å²) in [5.41, 5.74) is 14.8. The predicted molar refractivity (Wildman–Crippen MR) is 266 cm³/mol. The molecule has 374 valence electrons. The summed E-state index contributed by atoms with van der Waals surface area (Å²) in [4.78, 5) is 68.6. The smallest absolute Gasteiger partial charge is 0.269 e. The van der Waals surface area contributed by atoms with Crippen LogP contribution >= 0.6 is 11.3 Å². The van der Waals surface area contributed by atoms with Gasteiger partial charge in [-0.25, -0.2) is 9.97 Å². The molecule has 4 heterocycles. The highest BCUT2D eigenvalue weighted by molar-refractivity contribution is 7.13. The minimum atomic E-state index is -0.979. The van der Waals surface area contributed by atoms with Crippen molar-refractivity contribution in [2.24, 2.45) is 5.41 Å². The first-order chi connectivity index (χ1) is 33.6. The van der Waals surface area contributed by atoms with E-state index in [1.165, 1.54) is 4.90 Å². The van der Waals surface area contributed by atoms with Crippen molar-refractivity contribution in [3.05, 3.63) is 101 Å². The highest BCUT2D eigenvalue weighted by Gasteiger charge is 2.44. The molecule has 6 rings (SSSR count). The largest absolute Gasteiger partial charge is 0.508 e. The number of thiazole rings is 1. The maximum absolute atomic E-state index is 13.9. The van der Waals surface area contributed by atoms with Gasteiger partial charge in [-0.3, -0.25) is 24.2 Å². The van der Waals surface area contributed by atoms with E-state index in [1.54, 1.807) is 59.6 Å². The zero-order chi connectivity index (χ0) is 50.2. The van der Waals surface area contributed by atoms with Crippen LogP contribution in [0.5, 0.6) is 5.75 Å². The highest BCUT2D eigenvalue weighted by atomic mass is 32.1. The van der Waals surface area contributed by atoms with E-state index in [1.807, 2.05) is 65.0 Å². The molecule has 70 heavy (non-hydrogen) atoms. The van der Waals surface area contributed by atoms with E-state index in [0.717, 1.165) is 49.5 Å². The van der Waals surface area contributed by atoms with E-state index < -0.39 is 35.4 Å². The Bertz CT molecular complexity index is 2520. The number of nitrogens with one attached hydrogen (secondary N) is 3. The fraction of sp³-hybridized carbons (Fsp3) is 0.431. The van der Waals surface area contributed by atoms with Crippen molar-refractivity contribution in [1.82, 2.24) is 35.8 Å². The fourth-order valence-corrected chi connectivity index (χ4v) is 8.77. The van der Waals surface area contributed by atoms with Crippen LogP contribution in [0, 0.1) is 12.3 Å². The molecule has 1 saturated heterocycles. The molecule has 18 nitrogen and oxygen atoms in total. The van der Waals surface area contributed by atoms with E-state index in [4.69, 9.17) is 24.7 Å². The first-order valence-corrected chi connectivity index (χ1v) is 24.2. The molecule has 0 unspecified atom stereocenters. The predicted octanol–water partition coefficient (Wildman–Crippen LogP) is 4.70. The van der Waals surface area contributed by atoms with Crippen molar-refractivity contribution in [2.45, 2.75) is 72.2 Å². The SMILES string of the molecule is CCc1c(-c2ccc(C(=O)NCCOCCOCCOCCOCC(=O)N[C@H](C(=O)N3C[C@H](O)C[C@H]3C(=O)NCc3ccc(-c4scnc4C)cc3)C(C)(C)C)nc2)cnc(N)c1-c1ccc(O)cc1. The number of pyridine rings is 2. The van der Waals surface area contributed by atoms with Crippen LogP contribution in [0.3, 0.4) is 0 Å². The first-order valence-electron chi connectivity index (χ1n) is 23.3. The van der Waals surface area contributed by atoms with Gasteiger partial charge < -0.3 is 55.7 Å². The van der Waals surface area contributed by atoms with Gasteiger partial charge in [0.05, 0.1) is 68.4 Å². The maximum atomic E-state index is 13.9. The molecule has 3 aromatic heterocycles. The topological polar surface area (TPSA) is 250 Å². The van der Waals surface area contributed by atoms with Gasteiger partial charge in [-0.1, -0.05) is 70.2 Å². The molecule has 7 N–H and O–H groups in total. The molecule has 0 aliphatic carbocycles. The number of aromatic hydroxyl groups is 1. The molecule has 3 atom stereocenters. The fourth-order valence-electron chi connectivity index (χ4n) is 7.95. The van der Waals surface area contributed by atoms with E-state index in [0.29, 0.717) is 38.7 Å². The molecule has 0 radical (unpaired) electrons. The summed E-state index contributed by atoms with van der Waals surface area (Å²) in [6.07, 6.45) is 3.23. The summed E-state index contributed by atoms with van der Waals surface area (Å²) in [5.74, 6) is -1.12. The molecule has 19 heteroatoms. The van der Waals surface area contributed by atoms with Gasteiger partial charge in [-0.2, -0.15) is 0 Å². The number of nitrogen functional groups attached to an aromatic ring is 1. The molecular weight excluding hydrogens is 917 g/mol. The third kappa shape index (κ3) is 14.6. The van der Waals surface area contributed by atoms with E-state index in [-0.39, 0.29) is 75.7 Å². The number of aliphatic hydroxyl groups is 1. The zero-order valence-corrected chi connectivity index (χ0v) is 41.2. The number of benzene rings is 2. The van der Waals surface area contributed by atoms with Crippen LogP contribution in [0.2, 0.25) is 0 Å². The maximum Gasteiger partial charge on any atom is 0.269 e. The number of phenols is 1. The summed E-state index contributed by atoms with van der Waals surface area (Å²) in [7, 11) is 0. The number of carbonyl (C=O) groups is 4. The standard InChI is InChI=1S/C51H64N8O10S/c1-6-39-40(28-55-47(52)44(39)34-11-14-37(60)15-12-34)36-13-16-41(54-27-36)48(63)53-17-18-66-19-20-67-21-22-68-23-24-69-30-43(62)58-46(51(3,4)5)50(65)59-29-38(61)25-42(59)49(64)56-26-33-7-9-35(10-8-33)45-32(2)57-31-70-45/h7-16,27-28,31,38,42,46,60-61H,6,17-26,29-30H2,1-5H3,(H2,52,55)(H,53,63)(H,56,64)(H,58,62)/t38-,42+,46-/m1/s1. The Morgan fingerprint density at radius 1 is 0.829 bits per heavy atom. The quantitative estimate of drug-likeness (QED) is 0.0459. The molecular formula is C51H64N8O10S. The number of anilines is 1. The van der Waals surface area contributed by atoms with E-state index >= 15 is 0 Å². The number of ether oxygens (including phenoxy) is 4. The van der Waals surface area contributed by atoms with Crippen molar-refractivity contribution < 1.29 is 48.3 Å². The number of rotatable bonds is 24. The molecule has 1 aliphatic rings. The summed E-state index contributed by atoms with van der Waals surface area (Å²) in [5, 5.41) is 28.8. The number of hydrogen-bond donors (Lipinski definition) is 6. The molecule has 0 saturated carbocycles. The highest BCUT2D eigenvalue weighted by Crippen LogP contribution is 2.36. The second-order valence-corrected chi connectivity index (χ2v) is 18.7. The lowest BCUT2D eigenvalue weighted by atomic mass is 9.85. The van der Waals surface area contributed by atoms with Crippen LogP contribution in [0.1, 0.15) is 61.4 Å². The lowest BCUT2D eigenvalue weighted by molar-refractivity contribution is -0.144. The number of likely N-dealkylation sites (tertiary alicyclic amines) is 1. The second kappa shape index (κ2) is 25.5. The summed E-state index contributed by atoms with van der Waals surface area (Å²) in [6, 6.07) is 16.3. The third-order valence-corrected chi connectivity index (χ3v) is 12.6. The van der Waals surface area contributed by atoms with Gasteiger partial charge in [0, 0.05) is 55.1 Å². The number of hydrogen-bond acceptors (Lipinski definition) is 15. The normalized spacial score (nSPS) is 15.1. The summed E-state index contributed by atoms with van der Waals surface area (Å²) >= 11 is 1.57. The van der Waals surface area contributed by atoms with Crippen LogP contribution < -0.4 is 21.7 Å². The molecule has 0 spiro atoms. The molecule has 4 amide bonds. The molecule has 2 aromatic carbocycles. The average Bonchev–Trinajstić information content (AvgIpc) is 3.97. The molecule has 0 bridgehead atoms. The van der Waals surface area contributed by atoms with Crippen molar-refractivity contribution in [1.29, 1.82) is 0 Å². The number of aromatic nitrogens is 3. The van der Waals surface area contributed by atoms with Crippen LogP contribution in [0.15, 0.2) is 78.6 Å². The average molecular weight is 981 g/mol. The van der Waals surface area contributed by atoms with Crippen molar-refractivity contribution in [2.75, 3.05) is 71.7 Å². The summed E-state index contributed by atoms with van der Waals surface area (Å²) < 4.78 is 22.2. The van der Waals surface area contributed by atoms with Crippen LogP contribution in [0.4, 0.5) is 5.82 Å². The zero-order valence-electron chi connectivity index (χ0n) is 40.4. The van der Waals surface area contributed by atoms with E-state index in [2.05, 4.69) is 30.9 Å². The Kier molecular flexibility index (Phi) is 19.3. The Balaban J connectivity index is 0.812. The number of aliphatic hydroxyl groups excluding tert-OH is 1. The van der Waals surface area contributed by atoms with Crippen molar-refractivity contribution >= 4 is 40.8 Å². The minimum absolute atomic E-state index is 0.0271. The van der Waals surface area contributed by atoms with Gasteiger partial charge in [0.1, 0.15) is 36.0 Å². The van der Waals surface area contributed by atoms with Gasteiger partial charge in [-0.15, -0.1) is 11.3 Å². The number of carbonyl (C=O) groups excluding carboxylic acids is 4. The van der Waals surface area contributed by atoms with Crippen LogP contribution in [-0.4, -0.2) is 138 Å². The molecule has 5 aromatic rings. The van der Waals surface area contributed by atoms with Crippen molar-refractivity contribution in [3.8, 4) is 38.4 Å².